The molecule has 2 aromatic rings. The lowest BCUT2D eigenvalue weighted by molar-refractivity contribution is -0.131. The summed E-state index contributed by atoms with van der Waals surface area (Å²) in [7, 11) is 0. The second kappa shape index (κ2) is 7.40. The summed E-state index contributed by atoms with van der Waals surface area (Å²) in [5, 5.41) is 0. The van der Waals surface area contributed by atoms with Crippen molar-refractivity contribution >= 4 is 5.91 Å². The van der Waals surface area contributed by atoms with Gasteiger partial charge in [0.1, 0.15) is 6.26 Å². The maximum absolute atomic E-state index is 12.8. The first-order valence-corrected chi connectivity index (χ1v) is 9.31. The molecule has 25 heavy (non-hydrogen) atoms. The van der Waals surface area contributed by atoms with E-state index in [-0.39, 0.29) is 5.91 Å². The van der Waals surface area contributed by atoms with Crippen molar-refractivity contribution < 1.29 is 9.21 Å². The topological polar surface area (TPSA) is 49.6 Å². The molecule has 0 N–H and O–H groups in total. The predicted octanol–water partition coefficient (Wildman–Crippen LogP) is 2.97. The third-order valence-corrected chi connectivity index (χ3v) is 5.27. The van der Waals surface area contributed by atoms with E-state index in [4.69, 9.17) is 4.42 Å². The van der Waals surface area contributed by atoms with Crippen molar-refractivity contribution in [2.75, 3.05) is 26.2 Å². The first kappa shape index (κ1) is 16.3. The molecule has 2 aliphatic heterocycles. The first-order valence-electron chi connectivity index (χ1n) is 9.31. The monoisotopic (exact) mass is 339 g/mol. The average molecular weight is 339 g/mol. The lowest BCUT2D eigenvalue weighted by atomic mass is 10.2. The number of carbonyl (C=O) groups excluding carboxylic acids is 1. The molecule has 3 heterocycles. The zero-order valence-corrected chi connectivity index (χ0v) is 14.6. The summed E-state index contributed by atoms with van der Waals surface area (Å²) in [6.45, 7) is 4.27. The highest BCUT2D eigenvalue weighted by molar-refractivity contribution is 5.79. The van der Waals surface area contributed by atoms with Crippen LogP contribution < -0.4 is 0 Å². The molecule has 1 amide bonds. The zero-order chi connectivity index (χ0) is 17.1. The van der Waals surface area contributed by atoms with Crippen LogP contribution in [0.15, 0.2) is 41.0 Å². The van der Waals surface area contributed by atoms with E-state index < -0.39 is 0 Å². The van der Waals surface area contributed by atoms with Gasteiger partial charge in [0, 0.05) is 24.7 Å². The summed E-state index contributed by atoms with van der Waals surface area (Å²) in [5.74, 6) is 0.757. The maximum Gasteiger partial charge on any atom is 0.229 e. The molecule has 1 aromatic heterocycles. The van der Waals surface area contributed by atoms with E-state index in [1.54, 1.807) is 6.26 Å². The third kappa shape index (κ3) is 3.76. The van der Waals surface area contributed by atoms with Crippen molar-refractivity contribution in [2.24, 2.45) is 0 Å². The molecule has 2 aliphatic rings. The van der Waals surface area contributed by atoms with E-state index in [0.717, 1.165) is 37.2 Å². The molecule has 2 fully saturated rings. The molecule has 5 nitrogen and oxygen atoms in total. The van der Waals surface area contributed by atoms with Gasteiger partial charge in [-0.05, 0) is 50.9 Å². The predicted molar refractivity (Wildman–Crippen MR) is 96.1 cm³/mol. The fourth-order valence-electron chi connectivity index (χ4n) is 3.98. The summed E-state index contributed by atoms with van der Waals surface area (Å²) in [4.78, 5) is 21.8. The van der Waals surface area contributed by atoms with Gasteiger partial charge < -0.3 is 14.2 Å². The largest absolute Gasteiger partial charge is 0.444 e. The minimum Gasteiger partial charge on any atom is -0.444 e. The Hall–Kier alpha value is -2.14. The van der Waals surface area contributed by atoms with Crippen molar-refractivity contribution in [1.29, 1.82) is 0 Å². The van der Waals surface area contributed by atoms with E-state index in [1.165, 1.54) is 25.9 Å². The summed E-state index contributed by atoms with van der Waals surface area (Å²) in [6, 6.07) is 10.2. The molecule has 2 saturated heterocycles. The average Bonchev–Trinajstić information content (AvgIpc) is 3.38. The maximum atomic E-state index is 12.8. The van der Waals surface area contributed by atoms with E-state index in [9.17, 15) is 4.79 Å². The molecule has 132 valence electrons. The number of carbonyl (C=O) groups is 1. The molecule has 0 spiro atoms. The van der Waals surface area contributed by atoms with Gasteiger partial charge in [-0.15, -0.1) is 0 Å². The Bertz CT molecular complexity index is 707. The van der Waals surface area contributed by atoms with Crippen LogP contribution >= 0.6 is 0 Å². The zero-order valence-electron chi connectivity index (χ0n) is 14.6. The molecule has 0 saturated carbocycles. The second-order valence-electron chi connectivity index (χ2n) is 7.08. The number of benzene rings is 1. The number of oxazole rings is 1. The van der Waals surface area contributed by atoms with E-state index >= 15 is 0 Å². The van der Waals surface area contributed by atoms with Crippen molar-refractivity contribution in [3.8, 4) is 11.5 Å². The van der Waals surface area contributed by atoms with Crippen molar-refractivity contribution in [3.63, 3.8) is 0 Å². The number of hydrogen-bond donors (Lipinski definition) is 0. The molecule has 1 unspecified atom stereocenters. The van der Waals surface area contributed by atoms with Crippen LogP contribution in [-0.2, 0) is 11.2 Å². The molecule has 4 rings (SSSR count). The molecular weight excluding hydrogens is 314 g/mol. The van der Waals surface area contributed by atoms with Crippen LogP contribution in [-0.4, -0.2) is 52.9 Å². The van der Waals surface area contributed by atoms with E-state index in [2.05, 4.69) is 14.8 Å². The highest BCUT2D eigenvalue weighted by Gasteiger charge is 2.31. The number of nitrogens with zero attached hydrogens (tertiary/aromatic N) is 3. The molecule has 0 bridgehead atoms. The molecule has 1 atom stereocenters. The van der Waals surface area contributed by atoms with Crippen LogP contribution in [0.1, 0.15) is 31.4 Å². The number of likely N-dealkylation sites (tertiary alicyclic amines) is 2. The minimum atomic E-state index is 0.176. The SMILES string of the molecule is O=C(Cc1coc(-c2ccccc2)n1)N1CCCC1CN1CCCC1. The summed E-state index contributed by atoms with van der Waals surface area (Å²) in [6.07, 6.45) is 6.76. The van der Waals surface area contributed by atoms with Crippen molar-refractivity contribution in [2.45, 2.75) is 38.1 Å². The van der Waals surface area contributed by atoms with Crippen LogP contribution in [0.3, 0.4) is 0 Å². The summed E-state index contributed by atoms with van der Waals surface area (Å²) < 4.78 is 5.56. The Labute approximate surface area is 148 Å². The number of amides is 1. The molecule has 1 aromatic carbocycles. The third-order valence-electron chi connectivity index (χ3n) is 5.27. The van der Waals surface area contributed by atoms with Gasteiger partial charge in [-0.1, -0.05) is 18.2 Å². The van der Waals surface area contributed by atoms with Crippen molar-refractivity contribution in [1.82, 2.24) is 14.8 Å². The minimum absolute atomic E-state index is 0.176. The second-order valence-corrected chi connectivity index (χ2v) is 7.08. The highest BCUT2D eigenvalue weighted by Crippen LogP contribution is 2.22. The normalized spacial score (nSPS) is 21.1. The van der Waals surface area contributed by atoms with Crippen LogP contribution in [0.5, 0.6) is 0 Å². The van der Waals surface area contributed by atoms with Gasteiger partial charge in [-0.2, -0.15) is 0 Å². The number of hydrogen-bond acceptors (Lipinski definition) is 4. The smallest absolute Gasteiger partial charge is 0.229 e. The fraction of sp³-hybridized carbons (Fsp3) is 0.500. The van der Waals surface area contributed by atoms with Crippen molar-refractivity contribution in [3.05, 3.63) is 42.3 Å². The Balaban J connectivity index is 1.38. The highest BCUT2D eigenvalue weighted by atomic mass is 16.3. The fourth-order valence-corrected chi connectivity index (χ4v) is 3.98. The van der Waals surface area contributed by atoms with Gasteiger partial charge in [0.15, 0.2) is 0 Å². The standard InChI is InChI=1S/C20H25N3O2/c24-19(23-12-6-9-18(23)14-22-10-4-5-11-22)13-17-15-25-20(21-17)16-7-2-1-3-8-16/h1-3,7-8,15,18H,4-6,9-14H2. The van der Waals surface area contributed by atoms with E-state index in [1.807, 2.05) is 30.3 Å². The van der Waals surface area contributed by atoms with Gasteiger partial charge in [0.05, 0.1) is 12.1 Å². The van der Waals surface area contributed by atoms with Gasteiger partial charge in [0.25, 0.3) is 0 Å². The van der Waals surface area contributed by atoms with Crippen LogP contribution in [0, 0.1) is 0 Å². The molecular formula is C20H25N3O2. The Morgan fingerprint density at radius 2 is 1.92 bits per heavy atom. The van der Waals surface area contributed by atoms with E-state index in [0.29, 0.717) is 18.4 Å². The van der Waals surface area contributed by atoms with Gasteiger partial charge >= 0.3 is 0 Å². The molecule has 5 heteroatoms. The molecule has 0 aliphatic carbocycles. The summed E-state index contributed by atoms with van der Waals surface area (Å²) in [5.41, 5.74) is 1.66. The van der Waals surface area contributed by atoms with Gasteiger partial charge in [-0.3, -0.25) is 4.79 Å². The van der Waals surface area contributed by atoms with Gasteiger partial charge in [0.2, 0.25) is 11.8 Å². The lowest BCUT2D eigenvalue weighted by Crippen LogP contribution is -2.43. The summed E-state index contributed by atoms with van der Waals surface area (Å²) >= 11 is 0. The van der Waals surface area contributed by atoms with Gasteiger partial charge in [-0.25, -0.2) is 4.98 Å². The van der Waals surface area contributed by atoms with Crippen LogP contribution in [0.2, 0.25) is 0 Å². The molecule has 0 radical (unpaired) electrons. The van der Waals surface area contributed by atoms with Crippen LogP contribution in [0.4, 0.5) is 0 Å². The first-order chi connectivity index (χ1) is 12.3. The Morgan fingerprint density at radius 1 is 1.12 bits per heavy atom. The Morgan fingerprint density at radius 3 is 2.72 bits per heavy atom. The lowest BCUT2D eigenvalue weighted by Gasteiger charge is -2.28. The number of aromatic nitrogens is 1. The Kier molecular flexibility index (Phi) is 4.83. The quantitative estimate of drug-likeness (QED) is 0.840. The van der Waals surface area contributed by atoms with Crippen LogP contribution in [0.25, 0.3) is 11.5 Å². The number of rotatable bonds is 5.